The van der Waals surface area contributed by atoms with E-state index in [1.807, 2.05) is 32.9 Å². The van der Waals surface area contributed by atoms with Crippen LogP contribution in [0.4, 0.5) is 10.1 Å². The van der Waals surface area contributed by atoms with Crippen LogP contribution < -0.4 is 10.1 Å². The Balaban J connectivity index is 2.29. The second-order valence-corrected chi connectivity index (χ2v) is 5.16. The van der Waals surface area contributed by atoms with Crippen molar-refractivity contribution in [1.29, 1.82) is 0 Å². The summed E-state index contributed by atoms with van der Waals surface area (Å²) in [7, 11) is 1.65. The lowest BCUT2D eigenvalue weighted by Gasteiger charge is -2.20. The molecule has 0 amide bonds. The van der Waals surface area contributed by atoms with Gasteiger partial charge in [-0.2, -0.15) is 0 Å². The first-order valence-corrected chi connectivity index (χ1v) is 6.83. The Morgan fingerprint density at radius 3 is 2.52 bits per heavy atom. The normalized spacial score (nSPS) is 12.0. The molecule has 0 bridgehead atoms. The fourth-order valence-corrected chi connectivity index (χ4v) is 2.49. The Morgan fingerprint density at radius 2 is 1.90 bits per heavy atom. The summed E-state index contributed by atoms with van der Waals surface area (Å²) in [4.78, 5) is 0. The van der Waals surface area contributed by atoms with E-state index in [0.29, 0.717) is 5.56 Å². The van der Waals surface area contributed by atoms with Gasteiger partial charge in [0.2, 0.25) is 0 Å². The summed E-state index contributed by atoms with van der Waals surface area (Å²) >= 11 is 0. The molecule has 112 valence electrons. The molecule has 0 aliphatic carbocycles. The van der Waals surface area contributed by atoms with E-state index >= 15 is 0 Å². The first-order chi connectivity index (χ1) is 9.93. The summed E-state index contributed by atoms with van der Waals surface area (Å²) in [6, 6.07) is 7.85. The number of hydrogen-bond donors (Lipinski definition) is 2. The van der Waals surface area contributed by atoms with E-state index in [0.717, 1.165) is 28.6 Å². The Hall–Kier alpha value is -2.23. The molecule has 0 aromatic heterocycles. The van der Waals surface area contributed by atoms with Crippen LogP contribution in [0.5, 0.6) is 11.5 Å². The van der Waals surface area contributed by atoms with Crippen molar-refractivity contribution in [1.82, 2.24) is 0 Å². The number of ether oxygens (including phenoxy) is 1. The van der Waals surface area contributed by atoms with E-state index < -0.39 is 5.82 Å². The number of methoxy groups -OCH3 is 1. The molecule has 3 nitrogen and oxygen atoms in total. The fourth-order valence-electron chi connectivity index (χ4n) is 2.49. The molecular formula is C17H20FNO2. The highest BCUT2D eigenvalue weighted by Crippen LogP contribution is 2.33. The third-order valence-corrected chi connectivity index (χ3v) is 3.64. The maximum absolute atomic E-state index is 13.0. The van der Waals surface area contributed by atoms with Gasteiger partial charge in [-0.25, -0.2) is 4.39 Å². The number of nitrogens with one attached hydrogen (secondary N) is 1. The first-order valence-electron chi connectivity index (χ1n) is 6.83. The number of benzene rings is 2. The van der Waals surface area contributed by atoms with Crippen LogP contribution in [0.2, 0.25) is 0 Å². The van der Waals surface area contributed by atoms with Crippen LogP contribution in [0.3, 0.4) is 0 Å². The van der Waals surface area contributed by atoms with E-state index in [4.69, 9.17) is 4.74 Å². The van der Waals surface area contributed by atoms with Gasteiger partial charge in [-0.15, -0.1) is 0 Å². The van der Waals surface area contributed by atoms with Crippen molar-refractivity contribution < 1.29 is 14.2 Å². The zero-order chi connectivity index (χ0) is 15.6. The van der Waals surface area contributed by atoms with Crippen LogP contribution in [0.25, 0.3) is 0 Å². The molecule has 0 saturated carbocycles. The molecule has 2 aromatic rings. The molecule has 0 heterocycles. The second-order valence-electron chi connectivity index (χ2n) is 5.16. The quantitative estimate of drug-likeness (QED) is 0.880. The predicted molar refractivity (Wildman–Crippen MR) is 82.6 cm³/mol. The molecule has 0 aliphatic rings. The SMILES string of the molecule is COc1c(C)ccc(NC(C)c2ccc(F)cc2O)c1C. The highest BCUT2D eigenvalue weighted by Gasteiger charge is 2.14. The molecular weight excluding hydrogens is 269 g/mol. The smallest absolute Gasteiger partial charge is 0.126 e. The summed E-state index contributed by atoms with van der Waals surface area (Å²) in [6.07, 6.45) is 0. The number of phenolic OH excluding ortho intramolecular Hbond substituents is 1. The number of aromatic hydroxyl groups is 1. The average Bonchev–Trinajstić information content (AvgIpc) is 2.42. The van der Waals surface area contributed by atoms with Gasteiger partial charge >= 0.3 is 0 Å². The van der Waals surface area contributed by atoms with Gasteiger partial charge < -0.3 is 15.2 Å². The Kier molecular flexibility index (Phi) is 4.36. The number of rotatable bonds is 4. The summed E-state index contributed by atoms with van der Waals surface area (Å²) in [5.74, 6) is 0.346. The lowest BCUT2D eigenvalue weighted by Crippen LogP contribution is -2.09. The third kappa shape index (κ3) is 3.10. The molecule has 0 fully saturated rings. The van der Waals surface area contributed by atoms with Crippen molar-refractivity contribution in [2.75, 3.05) is 12.4 Å². The van der Waals surface area contributed by atoms with Crippen molar-refractivity contribution >= 4 is 5.69 Å². The summed E-state index contributed by atoms with van der Waals surface area (Å²) in [5, 5.41) is 13.2. The Bertz CT molecular complexity index is 655. The molecule has 4 heteroatoms. The van der Waals surface area contributed by atoms with Gasteiger partial charge in [-0.3, -0.25) is 0 Å². The second kappa shape index (κ2) is 6.04. The average molecular weight is 289 g/mol. The van der Waals surface area contributed by atoms with Gasteiger partial charge in [0.15, 0.2) is 0 Å². The largest absolute Gasteiger partial charge is 0.507 e. The van der Waals surface area contributed by atoms with Gasteiger partial charge in [-0.05, 0) is 38.5 Å². The number of aryl methyl sites for hydroxylation is 1. The van der Waals surface area contributed by atoms with Gasteiger partial charge in [0.25, 0.3) is 0 Å². The molecule has 1 unspecified atom stereocenters. The monoisotopic (exact) mass is 289 g/mol. The highest BCUT2D eigenvalue weighted by molar-refractivity contribution is 5.60. The van der Waals surface area contributed by atoms with E-state index in [2.05, 4.69) is 5.32 Å². The molecule has 21 heavy (non-hydrogen) atoms. The molecule has 0 radical (unpaired) electrons. The molecule has 0 saturated heterocycles. The number of halogens is 1. The maximum atomic E-state index is 13.0. The van der Waals surface area contributed by atoms with Gasteiger partial charge in [0.05, 0.1) is 13.2 Å². The van der Waals surface area contributed by atoms with Crippen LogP contribution in [-0.2, 0) is 0 Å². The van der Waals surface area contributed by atoms with Gasteiger partial charge in [0.1, 0.15) is 17.3 Å². The first kappa shape index (κ1) is 15.2. The van der Waals surface area contributed by atoms with Crippen LogP contribution >= 0.6 is 0 Å². The summed E-state index contributed by atoms with van der Waals surface area (Å²) < 4.78 is 18.5. The van der Waals surface area contributed by atoms with Gasteiger partial charge in [0, 0.05) is 22.9 Å². The predicted octanol–water partition coefficient (Wildman–Crippen LogP) is 4.33. The van der Waals surface area contributed by atoms with Crippen molar-refractivity contribution in [3.05, 3.63) is 52.8 Å². The molecule has 2 aromatic carbocycles. The minimum Gasteiger partial charge on any atom is -0.507 e. The van der Waals surface area contributed by atoms with Gasteiger partial charge in [-0.1, -0.05) is 12.1 Å². The topological polar surface area (TPSA) is 41.5 Å². The molecule has 0 spiro atoms. The van der Waals surface area contributed by atoms with E-state index in [9.17, 15) is 9.50 Å². The zero-order valence-electron chi connectivity index (χ0n) is 12.7. The van der Waals surface area contributed by atoms with E-state index in [1.165, 1.54) is 6.07 Å². The van der Waals surface area contributed by atoms with Crippen molar-refractivity contribution in [2.45, 2.75) is 26.8 Å². The lowest BCUT2D eigenvalue weighted by atomic mass is 10.0. The number of anilines is 1. The fraction of sp³-hybridized carbons (Fsp3) is 0.294. The Morgan fingerprint density at radius 1 is 1.19 bits per heavy atom. The standard InChI is InChI=1S/C17H20FNO2/c1-10-5-8-15(11(2)17(10)21-4)19-12(3)14-7-6-13(18)9-16(14)20/h5-9,12,19-20H,1-4H3. The van der Waals surface area contributed by atoms with Crippen LogP contribution in [-0.4, -0.2) is 12.2 Å². The maximum Gasteiger partial charge on any atom is 0.126 e. The minimum atomic E-state index is -0.448. The van der Waals surface area contributed by atoms with Crippen molar-refractivity contribution in [3.63, 3.8) is 0 Å². The molecule has 1 atom stereocenters. The lowest BCUT2D eigenvalue weighted by molar-refractivity contribution is 0.409. The van der Waals surface area contributed by atoms with Crippen LogP contribution in [0.1, 0.15) is 29.7 Å². The minimum absolute atomic E-state index is 0.0493. The number of hydrogen-bond acceptors (Lipinski definition) is 3. The van der Waals surface area contributed by atoms with Crippen molar-refractivity contribution in [2.24, 2.45) is 0 Å². The van der Waals surface area contributed by atoms with Crippen LogP contribution in [0, 0.1) is 19.7 Å². The van der Waals surface area contributed by atoms with Crippen LogP contribution in [0.15, 0.2) is 30.3 Å². The molecule has 2 N–H and O–H groups in total. The Labute approximate surface area is 124 Å². The zero-order valence-corrected chi connectivity index (χ0v) is 12.7. The molecule has 0 aliphatic heterocycles. The summed E-state index contributed by atoms with van der Waals surface area (Å²) in [5.41, 5.74) is 3.65. The van der Waals surface area contributed by atoms with E-state index in [-0.39, 0.29) is 11.8 Å². The molecule has 2 rings (SSSR count). The summed E-state index contributed by atoms with van der Waals surface area (Å²) in [6.45, 7) is 5.88. The van der Waals surface area contributed by atoms with Crippen molar-refractivity contribution in [3.8, 4) is 11.5 Å². The number of phenols is 1. The van der Waals surface area contributed by atoms with E-state index in [1.54, 1.807) is 13.2 Å². The third-order valence-electron chi connectivity index (χ3n) is 3.64. The highest BCUT2D eigenvalue weighted by atomic mass is 19.1.